The number of aliphatic carboxylic acids is 1. The Morgan fingerprint density at radius 1 is 1.15 bits per heavy atom. The number of carbonyl (C=O) groups is 1. The zero-order chi connectivity index (χ0) is 24.6. The van der Waals surface area contributed by atoms with Gasteiger partial charge in [-0.15, -0.1) is 0 Å². The predicted molar refractivity (Wildman–Crippen MR) is 120 cm³/mol. The summed E-state index contributed by atoms with van der Waals surface area (Å²) in [7, 11) is 0. The highest BCUT2D eigenvalue weighted by Gasteiger charge is 2.33. The van der Waals surface area contributed by atoms with Gasteiger partial charge in [0.1, 0.15) is 0 Å². The maximum absolute atomic E-state index is 13.0. The first-order valence-corrected chi connectivity index (χ1v) is 10.7. The minimum absolute atomic E-state index is 0.117. The van der Waals surface area contributed by atoms with Crippen molar-refractivity contribution in [3.8, 4) is 16.9 Å². The quantitative estimate of drug-likeness (QED) is 0.381. The molecule has 1 heterocycles. The van der Waals surface area contributed by atoms with Crippen LogP contribution in [0.15, 0.2) is 42.5 Å². The van der Waals surface area contributed by atoms with Gasteiger partial charge in [-0.05, 0) is 50.6 Å². The van der Waals surface area contributed by atoms with Gasteiger partial charge in [0, 0.05) is 16.1 Å². The molecule has 3 aromatic rings. The van der Waals surface area contributed by atoms with E-state index in [9.17, 15) is 23.1 Å². The minimum atomic E-state index is -4.46. The third-order valence-electron chi connectivity index (χ3n) is 5.50. The van der Waals surface area contributed by atoms with Gasteiger partial charge in [0.05, 0.1) is 34.3 Å². The number of carboxylic acid groups (broad SMARTS) is 1. The number of hydrogen-bond acceptors (Lipinski definition) is 3. The zero-order valence-corrected chi connectivity index (χ0v) is 19.5. The molecule has 0 aliphatic carbocycles. The summed E-state index contributed by atoms with van der Waals surface area (Å²) >= 11 is 12.4. The smallest absolute Gasteiger partial charge is 0.416 e. The van der Waals surface area contributed by atoms with Crippen LogP contribution in [0, 0.1) is 6.92 Å². The summed E-state index contributed by atoms with van der Waals surface area (Å²) in [5, 5.41) is 14.7. The lowest BCUT2D eigenvalue weighted by atomic mass is 10.0. The van der Waals surface area contributed by atoms with Crippen molar-refractivity contribution in [3.05, 3.63) is 69.3 Å². The van der Waals surface area contributed by atoms with Gasteiger partial charge >= 0.3 is 12.1 Å². The second-order valence-corrected chi connectivity index (χ2v) is 8.52. The number of alkyl halides is 3. The molecular weight excluding hydrogens is 480 g/mol. The molecule has 0 fully saturated rings. The Labute approximate surface area is 198 Å². The molecule has 33 heavy (non-hydrogen) atoms. The summed E-state index contributed by atoms with van der Waals surface area (Å²) in [5.74, 6) is -1.11. The van der Waals surface area contributed by atoms with E-state index in [1.807, 2.05) is 0 Å². The van der Waals surface area contributed by atoms with Crippen LogP contribution >= 0.6 is 23.2 Å². The molecule has 1 aromatic heterocycles. The molecule has 3 rings (SSSR count). The lowest BCUT2D eigenvalue weighted by molar-refractivity contribution is -0.165. The highest BCUT2D eigenvalue weighted by molar-refractivity contribution is 6.35. The SMILES string of the molecule is CCC(C)(OCc1nn(-c2ccc(Cl)cc2Cl)c(-c2ccc(C(F)(F)F)cc2)c1C)C(=O)O. The van der Waals surface area contributed by atoms with Crippen molar-refractivity contribution >= 4 is 29.2 Å². The van der Waals surface area contributed by atoms with Crippen LogP contribution in [0.5, 0.6) is 0 Å². The third-order valence-corrected chi connectivity index (χ3v) is 6.04. The van der Waals surface area contributed by atoms with Crippen molar-refractivity contribution in [2.24, 2.45) is 0 Å². The van der Waals surface area contributed by atoms with Crippen LogP contribution in [0.2, 0.25) is 10.0 Å². The van der Waals surface area contributed by atoms with Gasteiger partial charge < -0.3 is 9.84 Å². The Bertz CT molecular complexity index is 1180. The standard InChI is InChI=1S/C23H21Cl2F3N2O3/c1-4-22(3,21(31)32)33-12-18-13(2)20(14-5-7-15(8-6-14)23(26,27)28)30(29-18)19-10-9-16(24)11-17(19)25/h5-11H,4,12H2,1-3H3,(H,31,32). The summed E-state index contributed by atoms with van der Waals surface area (Å²) in [6, 6.07) is 9.47. The van der Waals surface area contributed by atoms with Crippen molar-refractivity contribution in [1.29, 1.82) is 0 Å². The van der Waals surface area contributed by atoms with Crippen LogP contribution in [0.3, 0.4) is 0 Å². The molecule has 2 aromatic carbocycles. The van der Waals surface area contributed by atoms with Crippen LogP contribution in [0.25, 0.3) is 16.9 Å². The Morgan fingerprint density at radius 3 is 2.30 bits per heavy atom. The van der Waals surface area contributed by atoms with E-state index in [1.165, 1.54) is 29.8 Å². The molecule has 0 aliphatic heterocycles. The summed E-state index contributed by atoms with van der Waals surface area (Å²) in [4.78, 5) is 11.6. The summed E-state index contributed by atoms with van der Waals surface area (Å²) in [6.07, 6.45) is -4.23. The number of hydrogen-bond donors (Lipinski definition) is 1. The van der Waals surface area contributed by atoms with Crippen LogP contribution in [0.4, 0.5) is 13.2 Å². The van der Waals surface area contributed by atoms with E-state index in [0.717, 1.165) is 12.1 Å². The molecule has 0 aliphatic rings. The van der Waals surface area contributed by atoms with Gasteiger partial charge in [0.25, 0.3) is 0 Å². The van der Waals surface area contributed by atoms with Gasteiger partial charge in [-0.25, -0.2) is 9.48 Å². The van der Waals surface area contributed by atoms with Crippen molar-refractivity contribution in [3.63, 3.8) is 0 Å². The molecule has 0 saturated carbocycles. The minimum Gasteiger partial charge on any atom is -0.479 e. The fourth-order valence-corrected chi connectivity index (χ4v) is 3.69. The number of carboxylic acids is 1. The first-order valence-electron chi connectivity index (χ1n) is 9.96. The third kappa shape index (κ3) is 5.18. The van der Waals surface area contributed by atoms with Gasteiger partial charge in [-0.2, -0.15) is 18.3 Å². The maximum atomic E-state index is 13.0. The molecule has 0 bridgehead atoms. The second kappa shape index (κ2) is 9.37. The van der Waals surface area contributed by atoms with Crippen LogP contribution in [-0.4, -0.2) is 26.5 Å². The van der Waals surface area contributed by atoms with Crippen molar-refractivity contribution in [2.45, 2.75) is 45.6 Å². The lowest BCUT2D eigenvalue weighted by Crippen LogP contribution is -2.37. The van der Waals surface area contributed by atoms with E-state index < -0.39 is 23.3 Å². The maximum Gasteiger partial charge on any atom is 0.416 e. The van der Waals surface area contributed by atoms with E-state index in [2.05, 4.69) is 5.10 Å². The molecule has 0 amide bonds. The van der Waals surface area contributed by atoms with E-state index in [-0.39, 0.29) is 18.1 Å². The molecule has 1 atom stereocenters. The molecule has 0 saturated heterocycles. The van der Waals surface area contributed by atoms with Crippen LogP contribution in [0.1, 0.15) is 37.1 Å². The Balaban J connectivity index is 2.13. The first-order chi connectivity index (χ1) is 15.4. The summed E-state index contributed by atoms with van der Waals surface area (Å²) in [5.41, 5.74) is 0.288. The predicted octanol–water partition coefficient (Wildman–Crippen LogP) is 6.94. The van der Waals surface area contributed by atoms with Gasteiger partial charge in [-0.1, -0.05) is 42.3 Å². The Kier molecular flexibility index (Phi) is 7.12. The van der Waals surface area contributed by atoms with E-state index in [1.54, 1.807) is 26.0 Å². The molecule has 10 heteroatoms. The number of ether oxygens (including phenoxy) is 1. The molecule has 5 nitrogen and oxygen atoms in total. The number of nitrogens with zero attached hydrogens (tertiary/aromatic N) is 2. The number of halogens is 5. The van der Waals surface area contributed by atoms with Gasteiger partial charge in [0.2, 0.25) is 0 Å². The summed E-state index contributed by atoms with van der Waals surface area (Å²) < 4.78 is 46.3. The van der Waals surface area contributed by atoms with Crippen LogP contribution in [-0.2, 0) is 22.3 Å². The van der Waals surface area contributed by atoms with Gasteiger partial charge in [0.15, 0.2) is 5.60 Å². The molecule has 1 N–H and O–H groups in total. The van der Waals surface area contributed by atoms with Crippen molar-refractivity contribution in [1.82, 2.24) is 9.78 Å². The van der Waals surface area contributed by atoms with E-state index in [0.29, 0.717) is 33.2 Å². The number of aromatic nitrogens is 2. The highest BCUT2D eigenvalue weighted by atomic mass is 35.5. The average molecular weight is 501 g/mol. The summed E-state index contributed by atoms with van der Waals surface area (Å²) in [6.45, 7) is 4.78. The Morgan fingerprint density at radius 2 is 1.79 bits per heavy atom. The fraction of sp³-hybridized carbons (Fsp3) is 0.304. The van der Waals surface area contributed by atoms with E-state index in [4.69, 9.17) is 27.9 Å². The lowest BCUT2D eigenvalue weighted by Gasteiger charge is -2.23. The van der Waals surface area contributed by atoms with Crippen molar-refractivity contribution in [2.75, 3.05) is 0 Å². The van der Waals surface area contributed by atoms with E-state index >= 15 is 0 Å². The molecule has 176 valence electrons. The molecule has 0 spiro atoms. The largest absolute Gasteiger partial charge is 0.479 e. The fourth-order valence-electron chi connectivity index (χ4n) is 3.20. The van der Waals surface area contributed by atoms with Gasteiger partial charge in [-0.3, -0.25) is 0 Å². The van der Waals surface area contributed by atoms with Crippen LogP contribution < -0.4 is 0 Å². The zero-order valence-electron chi connectivity index (χ0n) is 18.0. The number of rotatable bonds is 7. The average Bonchev–Trinajstić information content (AvgIpc) is 3.07. The topological polar surface area (TPSA) is 64.4 Å². The monoisotopic (exact) mass is 500 g/mol. The highest BCUT2D eigenvalue weighted by Crippen LogP contribution is 2.35. The van der Waals surface area contributed by atoms with Crippen molar-refractivity contribution < 1.29 is 27.8 Å². The Hall–Kier alpha value is -2.55. The molecule has 1 unspecified atom stereocenters. The molecule has 0 radical (unpaired) electrons. The molecular formula is C23H21Cl2F3N2O3. The first kappa shape index (κ1) is 25.1. The number of benzene rings is 2. The normalized spacial score (nSPS) is 13.7. The second-order valence-electron chi connectivity index (χ2n) is 7.68.